The second-order valence-corrected chi connectivity index (χ2v) is 5.60. The maximum absolute atomic E-state index is 6.04. The molecule has 1 saturated carbocycles. The van der Waals surface area contributed by atoms with Crippen LogP contribution < -0.4 is 5.32 Å². The molecular weight excluding hydrogens is 232 g/mol. The molecule has 94 valence electrons. The third kappa shape index (κ3) is 3.88. The number of hydrogen-bond acceptors (Lipinski definition) is 2. The first-order valence-electron chi connectivity index (χ1n) is 6.59. The minimum atomic E-state index is 0.713. The highest BCUT2D eigenvalue weighted by atomic mass is 35.5. The Labute approximate surface area is 109 Å². The molecule has 0 aromatic carbocycles. The van der Waals surface area contributed by atoms with E-state index in [4.69, 9.17) is 11.6 Å². The molecule has 1 aliphatic rings. The minimum Gasteiger partial charge on any atom is -0.384 e. The van der Waals surface area contributed by atoms with Crippen molar-refractivity contribution in [2.75, 3.05) is 11.9 Å². The third-order valence-electron chi connectivity index (χ3n) is 3.78. The molecule has 1 heterocycles. The van der Waals surface area contributed by atoms with Gasteiger partial charge in [0.2, 0.25) is 0 Å². The Morgan fingerprint density at radius 1 is 1.35 bits per heavy atom. The molecule has 3 heteroatoms. The average Bonchev–Trinajstić information content (AvgIpc) is 2.34. The molecule has 0 bridgehead atoms. The summed E-state index contributed by atoms with van der Waals surface area (Å²) in [5.41, 5.74) is 1.01. The molecule has 1 aromatic heterocycles. The molecular formula is C14H21ClN2. The standard InChI is InChI=1S/C14H21ClN2/c1-11-2-4-12(5-3-11)6-9-17-14-7-8-16-10-13(14)15/h7-8,10-12H,2-6,9H2,1H3,(H,16,17). The lowest BCUT2D eigenvalue weighted by Gasteiger charge is -2.26. The highest BCUT2D eigenvalue weighted by Gasteiger charge is 2.17. The first-order valence-corrected chi connectivity index (χ1v) is 6.97. The van der Waals surface area contributed by atoms with E-state index in [0.717, 1.165) is 24.1 Å². The Balaban J connectivity index is 1.71. The molecule has 1 N–H and O–H groups in total. The molecule has 0 aliphatic heterocycles. The zero-order chi connectivity index (χ0) is 12.1. The Hall–Kier alpha value is -0.760. The van der Waals surface area contributed by atoms with Crippen LogP contribution in [0.3, 0.4) is 0 Å². The summed E-state index contributed by atoms with van der Waals surface area (Å²) in [7, 11) is 0. The van der Waals surface area contributed by atoms with Gasteiger partial charge < -0.3 is 5.32 Å². The largest absolute Gasteiger partial charge is 0.384 e. The van der Waals surface area contributed by atoms with Crippen molar-refractivity contribution in [3.63, 3.8) is 0 Å². The van der Waals surface area contributed by atoms with Gasteiger partial charge in [0.15, 0.2) is 0 Å². The Kier molecular flexibility index (Phi) is 4.66. The van der Waals surface area contributed by atoms with Gasteiger partial charge in [-0.2, -0.15) is 0 Å². The summed E-state index contributed by atoms with van der Waals surface area (Å²) < 4.78 is 0. The van der Waals surface area contributed by atoms with Gasteiger partial charge in [-0.05, 0) is 24.3 Å². The van der Waals surface area contributed by atoms with E-state index in [9.17, 15) is 0 Å². The van der Waals surface area contributed by atoms with Gasteiger partial charge in [-0.1, -0.05) is 44.2 Å². The second kappa shape index (κ2) is 6.25. The molecule has 0 unspecified atom stereocenters. The lowest BCUT2D eigenvalue weighted by atomic mass is 9.81. The van der Waals surface area contributed by atoms with Crippen LogP contribution in [-0.4, -0.2) is 11.5 Å². The second-order valence-electron chi connectivity index (χ2n) is 5.20. The first kappa shape index (κ1) is 12.7. The van der Waals surface area contributed by atoms with Gasteiger partial charge >= 0.3 is 0 Å². The van der Waals surface area contributed by atoms with Crippen LogP contribution in [0.5, 0.6) is 0 Å². The van der Waals surface area contributed by atoms with Crippen LogP contribution in [-0.2, 0) is 0 Å². The minimum absolute atomic E-state index is 0.713. The third-order valence-corrected chi connectivity index (χ3v) is 4.08. The van der Waals surface area contributed by atoms with Crippen molar-refractivity contribution in [1.82, 2.24) is 4.98 Å². The molecule has 0 radical (unpaired) electrons. The number of aromatic nitrogens is 1. The lowest BCUT2D eigenvalue weighted by molar-refractivity contribution is 0.282. The summed E-state index contributed by atoms with van der Waals surface area (Å²) in [6.45, 7) is 3.38. The molecule has 0 spiro atoms. The maximum atomic E-state index is 6.04. The zero-order valence-corrected chi connectivity index (χ0v) is 11.2. The van der Waals surface area contributed by atoms with Crippen LogP contribution in [0.15, 0.2) is 18.5 Å². The van der Waals surface area contributed by atoms with Crippen LogP contribution in [0.4, 0.5) is 5.69 Å². The quantitative estimate of drug-likeness (QED) is 0.861. The molecule has 1 fully saturated rings. The SMILES string of the molecule is CC1CCC(CCNc2ccncc2Cl)CC1. The normalized spacial score (nSPS) is 24.6. The first-order chi connectivity index (χ1) is 8.25. The summed E-state index contributed by atoms with van der Waals surface area (Å²) in [5.74, 6) is 1.84. The van der Waals surface area contributed by atoms with Crippen molar-refractivity contribution in [1.29, 1.82) is 0 Å². The van der Waals surface area contributed by atoms with Gasteiger partial charge in [-0.3, -0.25) is 4.98 Å². The molecule has 1 aromatic rings. The van der Waals surface area contributed by atoms with E-state index in [1.54, 1.807) is 12.4 Å². The van der Waals surface area contributed by atoms with Crippen LogP contribution >= 0.6 is 11.6 Å². The monoisotopic (exact) mass is 252 g/mol. The van der Waals surface area contributed by atoms with E-state index < -0.39 is 0 Å². The molecule has 17 heavy (non-hydrogen) atoms. The summed E-state index contributed by atoms with van der Waals surface area (Å²) >= 11 is 6.04. The summed E-state index contributed by atoms with van der Waals surface area (Å²) in [6.07, 6.45) is 10.3. The molecule has 0 amide bonds. The lowest BCUT2D eigenvalue weighted by Crippen LogP contribution is -2.15. The molecule has 1 aliphatic carbocycles. The van der Waals surface area contributed by atoms with Gasteiger partial charge in [-0.15, -0.1) is 0 Å². The zero-order valence-electron chi connectivity index (χ0n) is 10.5. The van der Waals surface area contributed by atoms with E-state index in [2.05, 4.69) is 17.2 Å². The number of nitrogens with zero attached hydrogens (tertiary/aromatic N) is 1. The van der Waals surface area contributed by atoms with Crippen LogP contribution in [0, 0.1) is 11.8 Å². The van der Waals surface area contributed by atoms with Crippen LogP contribution in [0.25, 0.3) is 0 Å². The van der Waals surface area contributed by atoms with Crippen molar-refractivity contribution >= 4 is 17.3 Å². The van der Waals surface area contributed by atoms with Gasteiger partial charge in [0, 0.05) is 18.9 Å². The van der Waals surface area contributed by atoms with Gasteiger partial charge in [0.05, 0.1) is 10.7 Å². The summed E-state index contributed by atoms with van der Waals surface area (Å²) in [5, 5.41) is 4.11. The summed E-state index contributed by atoms with van der Waals surface area (Å²) in [6, 6.07) is 1.94. The summed E-state index contributed by atoms with van der Waals surface area (Å²) in [4.78, 5) is 3.98. The van der Waals surface area contributed by atoms with Gasteiger partial charge in [0.25, 0.3) is 0 Å². The van der Waals surface area contributed by atoms with Crippen molar-refractivity contribution in [3.8, 4) is 0 Å². The number of anilines is 1. The van der Waals surface area contributed by atoms with E-state index in [1.807, 2.05) is 6.07 Å². The van der Waals surface area contributed by atoms with Crippen molar-refractivity contribution in [2.24, 2.45) is 11.8 Å². The average molecular weight is 253 g/mol. The van der Waals surface area contributed by atoms with E-state index in [0.29, 0.717) is 5.02 Å². The molecule has 0 atom stereocenters. The fraction of sp³-hybridized carbons (Fsp3) is 0.643. The van der Waals surface area contributed by atoms with E-state index >= 15 is 0 Å². The predicted octanol–water partition coefficient (Wildman–Crippen LogP) is 4.36. The van der Waals surface area contributed by atoms with E-state index in [-0.39, 0.29) is 0 Å². The van der Waals surface area contributed by atoms with Crippen LogP contribution in [0.2, 0.25) is 5.02 Å². The number of pyridine rings is 1. The van der Waals surface area contributed by atoms with Crippen molar-refractivity contribution in [3.05, 3.63) is 23.5 Å². The Bertz CT molecular complexity index is 346. The van der Waals surface area contributed by atoms with Crippen LogP contribution in [0.1, 0.15) is 39.0 Å². The van der Waals surface area contributed by atoms with Crippen molar-refractivity contribution < 1.29 is 0 Å². The maximum Gasteiger partial charge on any atom is 0.0820 e. The fourth-order valence-electron chi connectivity index (χ4n) is 2.55. The number of halogens is 1. The smallest absolute Gasteiger partial charge is 0.0820 e. The Morgan fingerprint density at radius 2 is 2.12 bits per heavy atom. The van der Waals surface area contributed by atoms with E-state index in [1.165, 1.54) is 32.1 Å². The van der Waals surface area contributed by atoms with Gasteiger partial charge in [-0.25, -0.2) is 0 Å². The molecule has 0 saturated heterocycles. The van der Waals surface area contributed by atoms with Gasteiger partial charge in [0.1, 0.15) is 0 Å². The fourth-order valence-corrected chi connectivity index (χ4v) is 2.73. The Morgan fingerprint density at radius 3 is 2.82 bits per heavy atom. The highest BCUT2D eigenvalue weighted by molar-refractivity contribution is 6.33. The number of rotatable bonds is 4. The topological polar surface area (TPSA) is 24.9 Å². The predicted molar refractivity (Wildman–Crippen MR) is 73.5 cm³/mol. The number of nitrogens with one attached hydrogen (secondary N) is 1. The molecule has 2 nitrogen and oxygen atoms in total. The van der Waals surface area contributed by atoms with Crippen molar-refractivity contribution in [2.45, 2.75) is 39.0 Å². The molecule has 2 rings (SSSR count). The number of hydrogen-bond donors (Lipinski definition) is 1. The highest BCUT2D eigenvalue weighted by Crippen LogP contribution is 2.30.